The van der Waals surface area contributed by atoms with Crippen molar-refractivity contribution in [2.45, 2.75) is 46.1 Å². The van der Waals surface area contributed by atoms with Crippen LogP contribution in [0.5, 0.6) is 0 Å². The van der Waals surface area contributed by atoms with Gasteiger partial charge in [0.05, 0.1) is 6.20 Å². The Kier molecular flexibility index (Phi) is 7.82. The lowest BCUT2D eigenvalue weighted by Gasteiger charge is -2.13. The van der Waals surface area contributed by atoms with Crippen LogP contribution in [0.25, 0.3) is 0 Å². The van der Waals surface area contributed by atoms with Gasteiger partial charge >= 0.3 is 0 Å². The molecule has 1 aromatic carbocycles. The summed E-state index contributed by atoms with van der Waals surface area (Å²) in [6, 6.07) is 7.72. The predicted octanol–water partition coefficient (Wildman–Crippen LogP) is 2.97. The van der Waals surface area contributed by atoms with E-state index in [1.165, 1.54) is 0 Å². The number of nitrogens with one attached hydrogen (secondary N) is 2. The van der Waals surface area contributed by atoms with Crippen LogP contribution in [0, 0.1) is 0 Å². The molecule has 0 aliphatic heterocycles. The molecule has 2 aromatic rings. The van der Waals surface area contributed by atoms with Gasteiger partial charge in [0.2, 0.25) is 5.89 Å². The molecular weight excluding hydrogens is 366 g/mol. The van der Waals surface area contributed by atoms with Gasteiger partial charge in [-0.2, -0.15) is 0 Å². The van der Waals surface area contributed by atoms with Gasteiger partial charge in [-0.3, -0.25) is 4.79 Å². The number of carbonyl (C=O) groups is 1. The van der Waals surface area contributed by atoms with Gasteiger partial charge < -0.3 is 20.0 Å². The third kappa shape index (κ3) is 6.93. The molecule has 0 unspecified atom stereocenters. The van der Waals surface area contributed by atoms with Crippen LogP contribution in [0.1, 0.15) is 55.3 Å². The van der Waals surface area contributed by atoms with Gasteiger partial charge in [0.1, 0.15) is 12.3 Å². The van der Waals surface area contributed by atoms with Crippen molar-refractivity contribution < 1.29 is 9.21 Å². The molecule has 0 fully saturated rings. The van der Waals surface area contributed by atoms with Crippen molar-refractivity contribution in [3.63, 3.8) is 0 Å². The molecule has 1 heterocycles. The quantitative estimate of drug-likeness (QED) is 0.552. The third-order valence-electron chi connectivity index (χ3n) is 4.30. The Balaban J connectivity index is 1.94. The smallest absolute Gasteiger partial charge is 0.253 e. The second kappa shape index (κ2) is 10.1. The highest BCUT2D eigenvalue weighted by Gasteiger charge is 2.19. The van der Waals surface area contributed by atoms with E-state index >= 15 is 0 Å². The molecule has 1 aromatic heterocycles. The second-order valence-electron chi connectivity index (χ2n) is 8.14. The number of benzene rings is 1. The van der Waals surface area contributed by atoms with Crippen molar-refractivity contribution in [3.8, 4) is 0 Å². The minimum Gasteiger partial charge on any atom is -0.443 e. The van der Waals surface area contributed by atoms with Crippen LogP contribution >= 0.6 is 0 Å². The molecule has 0 saturated heterocycles. The van der Waals surface area contributed by atoms with Gasteiger partial charge in [0, 0.05) is 38.2 Å². The summed E-state index contributed by atoms with van der Waals surface area (Å²) in [6.07, 6.45) is 2.55. The SMILES string of the molecule is CCNC(=NCc1ncc(C(C)(C)C)o1)NCCc1cccc(C(=O)N(C)C)c1. The van der Waals surface area contributed by atoms with Crippen molar-refractivity contribution >= 4 is 11.9 Å². The average Bonchev–Trinajstić information content (AvgIpc) is 3.15. The first kappa shape index (κ1) is 22.5. The molecule has 0 spiro atoms. The normalized spacial score (nSPS) is 12.0. The molecule has 7 heteroatoms. The predicted molar refractivity (Wildman–Crippen MR) is 116 cm³/mol. The Labute approximate surface area is 173 Å². The number of hydrogen-bond acceptors (Lipinski definition) is 4. The third-order valence-corrected chi connectivity index (χ3v) is 4.30. The van der Waals surface area contributed by atoms with Crippen LogP contribution < -0.4 is 10.6 Å². The number of aromatic nitrogens is 1. The summed E-state index contributed by atoms with van der Waals surface area (Å²) >= 11 is 0. The van der Waals surface area contributed by atoms with E-state index in [1.807, 2.05) is 31.2 Å². The van der Waals surface area contributed by atoms with Crippen LogP contribution in [0.3, 0.4) is 0 Å². The lowest BCUT2D eigenvalue weighted by atomic mass is 9.94. The lowest BCUT2D eigenvalue weighted by Crippen LogP contribution is -2.38. The van der Waals surface area contributed by atoms with E-state index in [4.69, 9.17) is 4.42 Å². The van der Waals surface area contributed by atoms with E-state index in [0.717, 1.165) is 24.3 Å². The van der Waals surface area contributed by atoms with Crippen molar-refractivity contribution in [3.05, 3.63) is 53.2 Å². The Morgan fingerprint density at radius 1 is 1.24 bits per heavy atom. The zero-order valence-corrected chi connectivity index (χ0v) is 18.4. The highest BCUT2D eigenvalue weighted by Crippen LogP contribution is 2.22. The minimum atomic E-state index is -0.0692. The monoisotopic (exact) mass is 399 g/mol. The van der Waals surface area contributed by atoms with Crippen LogP contribution in [0.2, 0.25) is 0 Å². The van der Waals surface area contributed by atoms with E-state index in [9.17, 15) is 4.79 Å². The summed E-state index contributed by atoms with van der Waals surface area (Å²) in [6.45, 7) is 10.1. The first-order chi connectivity index (χ1) is 13.7. The van der Waals surface area contributed by atoms with Crippen LogP contribution in [-0.4, -0.2) is 48.9 Å². The summed E-state index contributed by atoms with van der Waals surface area (Å²) in [4.78, 5) is 22.6. The highest BCUT2D eigenvalue weighted by molar-refractivity contribution is 5.94. The van der Waals surface area contributed by atoms with Crippen molar-refractivity contribution in [1.82, 2.24) is 20.5 Å². The zero-order chi connectivity index (χ0) is 21.4. The molecule has 0 aliphatic carbocycles. The van der Waals surface area contributed by atoms with Crippen molar-refractivity contribution in [1.29, 1.82) is 0 Å². The van der Waals surface area contributed by atoms with Gasteiger partial charge in [0.25, 0.3) is 5.91 Å². The molecule has 29 heavy (non-hydrogen) atoms. The Hall–Kier alpha value is -2.83. The fraction of sp³-hybridized carbons (Fsp3) is 0.500. The molecule has 2 N–H and O–H groups in total. The van der Waals surface area contributed by atoms with E-state index in [-0.39, 0.29) is 11.3 Å². The van der Waals surface area contributed by atoms with E-state index in [2.05, 4.69) is 41.4 Å². The molecule has 0 saturated carbocycles. The standard InChI is InChI=1S/C22H33N5O2/c1-7-23-21(26-15-19-25-14-18(29-19)22(2,3)4)24-12-11-16-9-8-10-17(13-16)20(28)27(5)6/h8-10,13-14H,7,11-12,15H2,1-6H3,(H2,23,24,26). The number of guanidine groups is 1. The Morgan fingerprint density at radius 3 is 2.62 bits per heavy atom. The first-order valence-corrected chi connectivity index (χ1v) is 9.98. The zero-order valence-electron chi connectivity index (χ0n) is 18.4. The summed E-state index contributed by atoms with van der Waals surface area (Å²) < 4.78 is 5.80. The maximum absolute atomic E-state index is 12.1. The van der Waals surface area contributed by atoms with Crippen LogP contribution in [0.4, 0.5) is 0 Å². The molecule has 0 radical (unpaired) electrons. The number of carbonyl (C=O) groups excluding carboxylic acids is 1. The Morgan fingerprint density at radius 2 is 2.00 bits per heavy atom. The van der Waals surface area contributed by atoms with Gasteiger partial charge in [-0.15, -0.1) is 0 Å². The number of amides is 1. The summed E-state index contributed by atoms with van der Waals surface area (Å²) in [5.41, 5.74) is 1.73. The van der Waals surface area contributed by atoms with Crippen molar-refractivity contribution in [2.75, 3.05) is 27.2 Å². The topological polar surface area (TPSA) is 82.8 Å². The fourth-order valence-corrected chi connectivity index (χ4v) is 2.66. The van der Waals surface area contributed by atoms with Gasteiger partial charge in [-0.25, -0.2) is 9.98 Å². The molecule has 2 rings (SSSR count). The molecule has 158 valence electrons. The maximum atomic E-state index is 12.1. The van der Waals surface area contributed by atoms with E-state index in [1.54, 1.807) is 25.2 Å². The largest absolute Gasteiger partial charge is 0.443 e. The second-order valence-corrected chi connectivity index (χ2v) is 8.14. The molecule has 0 bridgehead atoms. The van der Waals surface area contributed by atoms with Gasteiger partial charge in [-0.05, 0) is 31.0 Å². The summed E-state index contributed by atoms with van der Waals surface area (Å²) in [5, 5.41) is 6.55. The number of aliphatic imine (C=N–C) groups is 1. The maximum Gasteiger partial charge on any atom is 0.253 e. The highest BCUT2D eigenvalue weighted by atomic mass is 16.4. The summed E-state index contributed by atoms with van der Waals surface area (Å²) in [5.74, 6) is 2.17. The lowest BCUT2D eigenvalue weighted by molar-refractivity contribution is 0.0827. The number of rotatable bonds is 7. The van der Waals surface area contributed by atoms with Crippen LogP contribution in [0.15, 0.2) is 39.9 Å². The van der Waals surface area contributed by atoms with E-state index in [0.29, 0.717) is 30.5 Å². The first-order valence-electron chi connectivity index (χ1n) is 9.98. The van der Waals surface area contributed by atoms with Gasteiger partial charge in [0.15, 0.2) is 5.96 Å². The van der Waals surface area contributed by atoms with Gasteiger partial charge in [-0.1, -0.05) is 32.9 Å². The average molecular weight is 400 g/mol. The van der Waals surface area contributed by atoms with E-state index < -0.39 is 0 Å². The molecule has 0 aliphatic rings. The fourth-order valence-electron chi connectivity index (χ4n) is 2.66. The van der Waals surface area contributed by atoms with Crippen LogP contribution in [-0.2, 0) is 18.4 Å². The van der Waals surface area contributed by atoms with Crippen molar-refractivity contribution in [2.24, 2.45) is 4.99 Å². The summed E-state index contributed by atoms with van der Waals surface area (Å²) in [7, 11) is 3.52. The number of hydrogen-bond donors (Lipinski definition) is 2. The Bertz CT molecular complexity index is 834. The number of oxazole rings is 1. The molecule has 1 amide bonds. The minimum absolute atomic E-state index is 0.00952. The molecular formula is C22H33N5O2. The number of nitrogens with zero attached hydrogens (tertiary/aromatic N) is 3. The molecule has 0 atom stereocenters. The molecule has 7 nitrogen and oxygen atoms in total.